The summed E-state index contributed by atoms with van der Waals surface area (Å²) in [5.74, 6) is 1.85. The van der Waals surface area contributed by atoms with Crippen LogP contribution in [0.3, 0.4) is 0 Å². The van der Waals surface area contributed by atoms with E-state index < -0.39 is 0 Å². The zero-order valence-electron chi connectivity index (χ0n) is 16.8. The average Bonchev–Trinajstić information content (AvgIpc) is 3.16. The summed E-state index contributed by atoms with van der Waals surface area (Å²) < 4.78 is 2.16. The quantitative estimate of drug-likeness (QED) is 0.420. The first kappa shape index (κ1) is 20.1. The molecule has 6 nitrogen and oxygen atoms in total. The van der Waals surface area contributed by atoms with Gasteiger partial charge in [0.1, 0.15) is 12.4 Å². The van der Waals surface area contributed by atoms with E-state index in [0.717, 1.165) is 57.3 Å². The van der Waals surface area contributed by atoms with Crippen molar-refractivity contribution in [1.82, 2.24) is 25.1 Å². The fourth-order valence-corrected chi connectivity index (χ4v) is 3.52. The first-order valence-corrected chi connectivity index (χ1v) is 10.2. The molecule has 28 heavy (non-hydrogen) atoms. The third-order valence-electron chi connectivity index (χ3n) is 5.04. The lowest BCUT2D eigenvalue weighted by Crippen LogP contribution is -2.48. The van der Waals surface area contributed by atoms with Crippen molar-refractivity contribution < 1.29 is 0 Å². The van der Waals surface area contributed by atoms with E-state index in [4.69, 9.17) is 4.99 Å². The van der Waals surface area contributed by atoms with Crippen LogP contribution in [-0.4, -0.2) is 52.6 Å². The average molecular weight is 381 g/mol. The topological polar surface area (TPSA) is 57.5 Å². The van der Waals surface area contributed by atoms with E-state index in [1.165, 1.54) is 5.56 Å². The number of guanidine groups is 1. The lowest BCUT2D eigenvalue weighted by atomic mass is 10.1. The summed E-state index contributed by atoms with van der Waals surface area (Å²) in [6.07, 6.45) is 8.11. The van der Waals surface area contributed by atoms with Gasteiger partial charge in [0.05, 0.1) is 0 Å². The molecule has 0 bridgehead atoms. The lowest BCUT2D eigenvalue weighted by molar-refractivity contribution is 0.225. The SMILES string of the molecule is C=CCN1CCC(NC(=NCc2nccn2Cc2ccccc2)NCC)CC1. The molecule has 0 atom stereocenters. The van der Waals surface area contributed by atoms with Crippen molar-refractivity contribution in [2.45, 2.75) is 38.9 Å². The monoisotopic (exact) mass is 380 g/mol. The van der Waals surface area contributed by atoms with Gasteiger partial charge in [-0.2, -0.15) is 0 Å². The number of imidazole rings is 1. The molecule has 1 aliphatic rings. The first-order valence-electron chi connectivity index (χ1n) is 10.2. The molecule has 0 aliphatic carbocycles. The van der Waals surface area contributed by atoms with Gasteiger partial charge >= 0.3 is 0 Å². The van der Waals surface area contributed by atoms with Crippen LogP contribution in [0.5, 0.6) is 0 Å². The van der Waals surface area contributed by atoms with E-state index >= 15 is 0 Å². The fraction of sp³-hybridized carbons (Fsp3) is 0.455. The van der Waals surface area contributed by atoms with Crippen LogP contribution >= 0.6 is 0 Å². The number of piperidine rings is 1. The molecule has 6 heteroatoms. The van der Waals surface area contributed by atoms with Crippen molar-refractivity contribution in [2.75, 3.05) is 26.2 Å². The van der Waals surface area contributed by atoms with Crippen LogP contribution in [0.2, 0.25) is 0 Å². The van der Waals surface area contributed by atoms with E-state index in [1.807, 2.05) is 24.5 Å². The van der Waals surface area contributed by atoms with Crippen molar-refractivity contribution in [3.8, 4) is 0 Å². The summed E-state index contributed by atoms with van der Waals surface area (Å²) in [5, 5.41) is 6.97. The second-order valence-corrected chi connectivity index (χ2v) is 7.16. The largest absolute Gasteiger partial charge is 0.357 e. The maximum Gasteiger partial charge on any atom is 0.191 e. The number of benzene rings is 1. The summed E-state index contributed by atoms with van der Waals surface area (Å²) in [6.45, 7) is 11.3. The number of hydrogen-bond acceptors (Lipinski definition) is 3. The van der Waals surface area contributed by atoms with E-state index in [2.05, 4.69) is 62.9 Å². The Kier molecular flexibility index (Phi) is 7.67. The van der Waals surface area contributed by atoms with Crippen molar-refractivity contribution in [2.24, 2.45) is 4.99 Å². The minimum atomic E-state index is 0.461. The number of nitrogens with one attached hydrogen (secondary N) is 2. The molecule has 2 heterocycles. The van der Waals surface area contributed by atoms with Gasteiger partial charge in [0.25, 0.3) is 0 Å². The van der Waals surface area contributed by atoms with E-state index in [9.17, 15) is 0 Å². The number of aliphatic imine (C=N–C) groups is 1. The highest BCUT2D eigenvalue weighted by Gasteiger charge is 2.19. The standard InChI is InChI=1S/C22H32N6/c1-3-13-27-14-10-20(11-15-27)26-22(23-4-2)25-17-21-24-12-16-28(21)18-19-8-6-5-7-9-19/h3,5-9,12,16,20H,1,4,10-11,13-15,17-18H2,2H3,(H2,23,25,26). The Morgan fingerprint density at radius 1 is 1.29 bits per heavy atom. The summed E-state index contributed by atoms with van der Waals surface area (Å²) in [7, 11) is 0. The second kappa shape index (κ2) is 10.7. The summed E-state index contributed by atoms with van der Waals surface area (Å²) >= 11 is 0. The molecule has 2 aromatic rings. The number of likely N-dealkylation sites (tertiary alicyclic amines) is 1. The van der Waals surface area contributed by atoms with Gasteiger partial charge in [-0.15, -0.1) is 6.58 Å². The summed E-state index contributed by atoms with van der Waals surface area (Å²) in [5.41, 5.74) is 1.27. The van der Waals surface area contributed by atoms with Crippen LogP contribution in [0.4, 0.5) is 0 Å². The number of nitrogens with zero attached hydrogens (tertiary/aromatic N) is 4. The smallest absolute Gasteiger partial charge is 0.191 e. The van der Waals surface area contributed by atoms with E-state index in [1.54, 1.807) is 0 Å². The molecule has 2 N–H and O–H groups in total. The second-order valence-electron chi connectivity index (χ2n) is 7.16. The zero-order valence-corrected chi connectivity index (χ0v) is 16.8. The highest BCUT2D eigenvalue weighted by Crippen LogP contribution is 2.10. The predicted molar refractivity (Wildman–Crippen MR) is 115 cm³/mol. The molecule has 0 spiro atoms. The predicted octanol–water partition coefficient (Wildman–Crippen LogP) is 2.64. The molecule has 1 saturated heterocycles. The highest BCUT2D eigenvalue weighted by atomic mass is 15.2. The Labute approximate surface area is 168 Å². The van der Waals surface area contributed by atoms with Crippen LogP contribution in [-0.2, 0) is 13.1 Å². The molecule has 0 radical (unpaired) electrons. The van der Waals surface area contributed by atoms with Gasteiger partial charge in [-0.3, -0.25) is 4.90 Å². The van der Waals surface area contributed by atoms with Crippen LogP contribution in [0.1, 0.15) is 31.2 Å². The molecule has 1 aromatic heterocycles. The number of rotatable bonds is 8. The zero-order chi connectivity index (χ0) is 19.6. The molecular formula is C22H32N6. The van der Waals surface area contributed by atoms with Gasteiger partial charge in [0.2, 0.25) is 0 Å². The van der Waals surface area contributed by atoms with E-state index in [0.29, 0.717) is 12.6 Å². The van der Waals surface area contributed by atoms with Gasteiger partial charge in [-0.1, -0.05) is 36.4 Å². The van der Waals surface area contributed by atoms with Gasteiger partial charge in [-0.05, 0) is 25.3 Å². The molecule has 1 aromatic carbocycles. The normalized spacial score (nSPS) is 16.1. The minimum Gasteiger partial charge on any atom is -0.357 e. The Morgan fingerprint density at radius 3 is 2.79 bits per heavy atom. The van der Waals surface area contributed by atoms with Gasteiger partial charge in [0.15, 0.2) is 5.96 Å². The summed E-state index contributed by atoms with van der Waals surface area (Å²) in [6, 6.07) is 10.9. The Morgan fingerprint density at radius 2 is 2.07 bits per heavy atom. The van der Waals surface area contributed by atoms with Crippen molar-refractivity contribution in [3.05, 3.63) is 66.8 Å². The Balaban J connectivity index is 1.58. The number of aromatic nitrogens is 2. The molecular weight excluding hydrogens is 348 g/mol. The lowest BCUT2D eigenvalue weighted by Gasteiger charge is -2.32. The van der Waals surface area contributed by atoms with Crippen LogP contribution < -0.4 is 10.6 Å². The van der Waals surface area contributed by atoms with Crippen LogP contribution in [0.15, 0.2) is 60.4 Å². The van der Waals surface area contributed by atoms with Gasteiger partial charge < -0.3 is 15.2 Å². The third kappa shape index (κ3) is 5.96. The van der Waals surface area contributed by atoms with Crippen molar-refractivity contribution in [3.63, 3.8) is 0 Å². The van der Waals surface area contributed by atoms with Gasteiger partial charge in [-0.25, -0.2) is 9.98 Å². The molecule has 3 rings (SSSR count). The van der Waals surface area contributed by atoms with E-state index in [-0.39, 0.29) is 0 Å². The molecule has 1 aliphatic heterocycles. The van der Waals surface area contributed by atoms with Crippen molar-refractivity contribution >= 4 is 5.96 Å². The highest BCUT2D eigenvalue weighted by molar-refractivity contribution is 5.80. The first-order chi connectivity index (χ1) is 13.8. The van der Waals surface area contributed by atoms with Crippen molar-refractivity contribution in [1.29, 1.82) is 0 Å². The molecule has 0 saturated carbocycles. The molecule has 150 valence electrons. The van der Waals surface area contributed by atoms with Crippen LogP contribution in [0.25, 0.3) is 0 Å². The maximum atomic E-state index is 4.79. The molecule has 1 fully saturated rings. The molecule has 0 amide bonds. The fourth-order valence-electron chi connectivity index (χ4n) is 3.52. The Hall–Kier alpha value is -2.60. The molecule has 0 unspecified atom stereocenters. The minimum absolute atomic E-state index is 0.461. The van der Waals surface area contributed by atoms with Gasteiger partial charge in [0, 0.05) is 51.2 Å². The Bertz CT molecular complexity index is 743. The third-order valence-corrected chi connectivity index (χ3v) is 5.04. The van der Waals surface area contributed by atoms with Crippen LogP contribution in [0, 0.1) is 0 Å². The maximum absolute atomic E-state index is 4.79. The number of hydrogen-bond donors (Lipinski definition) is 2. The summed E-state index contributed by atoms with van der Waals surface area (Å²) in [4.78, 5) is 11.7.